The lowest BCUT2D eigenvalue weighted by Gasteiger charge is -2.20. The van der Waals surface area contributed by atoms with Gasteiger partial charge in [0.1, 0.15) is 6.54 Å². The Kier molecular flexibility index (Phi) is 12.0. The molecule has 0 saturated carbocycles. The summed E-state index contributed by atoms with van der Waals surface area (Å²) < 4.78 is 42.2. The van der Waals surface area contributed by atoms with Crippen molar-refractivity contribution in [3.05, 3.63) is 35.9 Å². The Morgan fingerprint density at radius 3 is 2.46 bits per heavy atom. The van der Waals surface area contributed by atoms with Gasteiger partial charge in [0.05, 0.1) is 19.8 Å². The Morgan fingerprint density at radius 1 is 1.23 bits per heavy atom. The van der Waals surface area contributed by atoms with Crippen LogP contribution in [0.25, 0.3) is 0 Å². The van der Waals surface area contributed by atoms with Crippen LogP contribution in [0.4, 0.5) is 13.2 Å². The number of guanidine groups is 1. The molecule has 0 aliphatic carbocycles. The van der Waals surface area contributed by atoms with E-state index in [1.807, 2.05) is 30.3 Å². The summed E-state index contributed by atoms with van der Waals surface area (Å²) in [6.07, 6.45) is -4.42. The van der Waals surface area contributed by atoms with E-state index in [4.69, 9.17) is 4.74 Å². The molecule has 148 valence electrons. The maximum absolute atomic E-state index is 12.2. The van der Waals surface area contributed by atoms with Gasteiger partial charge in [-0.05, 0) is 5.56 Å². The van der Waals surface area contributed by atoms with E-state index in [1.54, 1.807) is 0 Å². The highest BCUT2D eigenvalue weighted by molar-refractivity contribution is 14.0. The van der Waals surface area contributed by atoms with Crippen LogP contribution in [-0.2, 0) is 16.1 Å². The van der Waals surface area contributed by atoms with Crippen molar-refractivity contribution >= 4 is 35.8 Å². The van der Waals surface area contributed by atoms with Crippen LogP contribution in [0.1, 0.15) is 5.56 Å². The van der Waals surface area contributed by atoms with Crippen molar-refractivity contribution in [1.29, 1.82) is 0 Å². The third-order valence-corrected chi connectivity index (χ3v) is 3.12. The Hall–Kier alpha value is -1.56. The van der Waals surface area contributed by atoms with Gasteiger partial charge in [0.15, 0.2) is 5.96 Å². The molecule has 0 aromatic heterocycles. The number of halogens is 4. The van der Waals surface area contributed by atoms with Crippen LogP contribution >= 0.6 is 24.0 Å². The highest BCUT2D eigenvalue weighted by atomic mass is 127. The van der Waals surface area contributed by atoms with Gasteiger partial charge in [-0.25, -0.2) is 0 Å². The first-order valence-electron chi connectivity index (χ1n) is 7.68. The molecule has 0 atom stereocenters. The lowest BCUT2D eigenvalue weighted by atomic mass is 10.2. The summed E-state index contributed by atoms with van der Waals surface area (Å²) in [6.45, 7) is -0.226. The molecule has 10 heteroatoms. The SMILES string of the molecule is CN=C(NCCOCc1ccccc1)NCC(=O)N(C)CC(F)(F)F.I. The second-order valence-corrected chi connectivity index (χ2v) is 5.26. The van der Waals surface area contributed by atoms with Crippen molar-refractivity contribution in [2.24, 2.45) is 4.99 Å². The van der Waals surface area contributed by atoms with Gasteiger partial charge in [0.2, 0.25) is 5.91 Å². The second-order valence-electron chi connectivity index (χ2n) is 5.26. The van der Waals surface area contributed by atoms with Gasteiger partial charge >= 0.3 is 6.18 Å². The molecule has 1 aromatic rings. The largest absolute Gasteiger partial charge is 0.406 e. The number of carbonyl (C=O) groups excluding carboxylic acids is 1. The van der Waals surface area contributed by atoms with Crippen LogP contribution in [0.3, 0.4) is 0 Å². The summed E-state index contributed by atoms with van der Waals surface area (Å²) in [5.74, 6) is -0.363. The Labute approximate surface area is 168 Å². The third kappa shape index (κ3) is 11.1. The van der Waals surface area contributed by atoms with Crippen LogP contribution < -0.4 is 10.6 Å². The van der Waals surface area contributed by atoms with Gasteiger partial charge in [-0.1, -0.05) is 30.3 Å². The van der Waals surface area contributed by atoms with E-state index in [2.05, 4.69) is 15.6 Å². The minimum atomic E-state index is -4.42. The molecule has 0 aliphatic heterocycles. The first-order valence-corrected chi connectivity index (χ1v) is 7.68. The standard InChI is InChI=1S/C16H23F3N4O2.HI/c1-20-15(22-10-14(24)23(2)12-16(17,18)19)21-8-9-25-11-13-6-4-3-5-7-13;/h3-7H,8-12H2,1-2H3,(H2,20,21,22);1H. The monoisotopic (exact) mass is 488 g/mol. The minimum absolute atomic E-state index is 0. The summed E-state index contributed by atoms with van der Waals surface area (Å²) >= 11 is 0. The van der Waals surface area contributed by atoms with Crippen molar-refractivity contribution < 1.29 is 22.7 Å². The molecule has 0 fully saturated rings. The number of nitrogens with zero attached hydrogens (tertiary/aromatic N) is 2. The third-order valence-electron chi connectivity index (χ3n) is 3.12. The van der Waals surface area contributed by atoms with E-state index in [9.17, 15) is 18.0 Å². The molecular weight excluding hydrogens is 464 g/mol. The Balaban J connectivity index is 0.00000625. The molecule has 0 radical (unpaired) electrons. The summed E-state index contributed by atoms with van der Waals surface area (Å²) in [5, 5.41) is 5.59. The van der Waals surface area contributed by atoms with E-state index in [0.29, 0.717) is 30.6 Å². The smallest absolute Gasteiger partial charge is 0.375 e. The number of aliphatic imine (C=N–C) groups is 1. The van der Waals surface area contributed by atoms with Crippen molar-refractivity contribution in [2.75, 3.05) is 40.3 Å². The van der Waals surface area contributed by atoms with Crippen LogP contribution in [0, 0.1) is 0 Å². The average molecular weight is 488 g/mol. The normalized spacial score (nSPS) is 11.5. The highest BCUT2D eigenvalue weighted by Gasteiger charge is 2.31. The summed E-state index contributed by atoms with van der Waals surface area (Å²) in [7, 11) is 2.61. The molecule has 0 heterocycles. The van der Waals surface area contributed by atoms with E-state index >= 15 is 0 Å². The second kappa shape index (κ2) is 12.7. The van der Waals surface area contributed by atoms with Crippen LogP contribution in [0.2, 0.25) is 0 Å². The fourth-order valence-electron chi connectivity index (χ4n) is 1.88. The number of ether oxygens (including phenoxy) is 1. The van der Waals surface area contributed by atoms with Crippen molar-refractivity contribution in [3.63, 3.8) is 0 Å². The first-order chi connectivity index (χ1) is 11.8. The Morgan fingerprint density at radius 2 is 1.88 bits per heavy atom. The molecule has 0 unspecified atom stereocenters. The van der Waals surface area contributed by atoms with E-state index in [0.717, 1.165) is 12.6 Å². The predicted octanol–water partition coefficient (Wildman–Crippen LogP) is 2.01. The van der Waals surface area contributed by atoms with Crippen LogP contribution in [-0.4, -0.2) is 63.3 Å². The molecule has 1 rings (SSSR count). The van der Waals surface area contributed by atoms with Gasteiger partial charge in [0, 0.05) is 20.6 Å². The van der Waals surface area contributed by atoms with E-state index in [-0.39, 0.29) is 30.5 Å². The van der Waals surface area contributed by atoms with E-state index in [1.165, 1.54) is 7.05 Å². The van der Waals surface area contributed by atoms with Gasteiger partial charge < -0.3 is 20.3 Å². The molecule has 2 N–H and O–H groups in total. The average Bonchev–Trinajstić information content (AvgIpc) is 2.56. The van der Waals surface area contributed by atoms with Gasteiger partial charge in [-0.2, -0.15) is 13.2 Å². The lowest BCUT2D eigenvalue weighted by Crippen LogP contribution is -2.46. The molecular formula is C16H24F3IN4O2. The molecule has 6 nitrogen and oxygen atoms in total. The van der Waals surface area contributed by atoms with Crippen LogP contribution in [0.15, 0.2) is 35.3 Å². The number of carbonyl (C=O) groups is 1. The molecule has 0 aliphatic rings. The zero-order valence-corrected chi connectivity index (χ0v) is 17.0. The van der Waals surface area contributed by atoms with E-state index < -0.39 is 18.6 Å². The highest BCUT2D eigenvalue weighted by Crippen LogP contribution is 2.15. The number of likely N-dealkylation sites (N-methyl/N-ethyl adjacent to an activating group) is 1. The summed E-state index contributed by atoms with van der Waals surface area (Å²) in [4.78, 5) is 16.1. The summed E-state index contributed by atoms with van der Waals surface area (Å²) in [5.41, 5.74) is 1.06. The van der Waals surface area contributed by atoms with Gasteiger partial charge in [-0.15, -0.1) is 24.0 Å². The summed E-state index contributed by atoms with van der Waals surface area (Å²) in [6, 6.07) is 9.69. The van der Waals surface area contributed by atoms with Crippen molar-refractivity contribution in [1.82, 2.24) is 15.5 Å². The fourth-order valence-corrected chi connectivity index (χ4v) is 1.88. The maximum Gasteiger partial charge on any atom is 0.406 e. The van der Waals surface area contributed by atoms with Crippen LogP contribution in [0.5, 0.6) is 0 Å². The number of rotatable bonds is 8. The lowest BCUT2D eigenvalue weighted by molar-refractivity contribution is -0.157. The molecule has 1 aromatic carbocycles. The minimum Gasteiger partial charge on any atom is -0.375 e. The quantitative estimate of drug-likeness (QED) is 0.255. The van der Waals surface area contributed by atoms with Gasteiger partial charge in [0.25, 0.3) is 0 Å². The Bertz CT molecular complexity index is 556. The number of hydrogen-bond acceptors (Lipinski definition) is 3. The number of benzene rings is 1. The number of amides is 1. The van der Waals surface area contributed by atoms with Crippen molar-refractivity contribution in [3.8, 4) is 0 Å². The number of hydrogen-bond donors (Lipinski definition) is 2. The topological polar surface area (TPSA) is 66.0 Å². The van der Waals surface area contributed by atoms with Crippen molar-refractivity contribution in [2.45, 2.75) is 12.8 Å². The maximum atomic E-state index is 12.2. The zero-order valence-electron chi connectivity index (χ0n) is 14.7. The molecule has 26 heavy (non-hydrogen) atoms. The van der Waals surface area contributed by atoms with Gasteiger partial charge in [-0.3, -0.25) is 9.79 Å². The fraction of sp³-hybridized carbons (Fsp3) is 0.500. The number of alkyl halides is 3. The number of nitrogens with one attached hydrogen (secondary N) is 2. The molecule has 0 saturated heterocycles. The molecule has 0 bridgehead atoms. The zero-order chi connectivity index (χ0) is 18.7. The molecule has 1 amide bonds. The predicted molar refractivity (Wildman–Crippen MR) is 105 cm³/mol. The molecule has 0 spiro atoms. The first kappa shape index (κ1) is 24.4.